The molecular weight excluding hydrogens is 331 g/mol. The third-order valence-electron chi connectivity index (χ3n) is 2.60. The van der Waals surface area contributed by atoms with Gasteiger partial charge in [0.1, 0.15) is 11.0 Å². The first-order valence-corrected chi connectivity index (χ1v) is 6.33. The maximum Gasteiger partial charge on any atom is 0.408 e. The lowest BCUT2D eigenvalue weighted by Gasteiger charge is -2.14. The summed E-state index contributed by atoms with van der Waals surface area (Å²) in [5, 5.41) is 6.53. The van der Waals surface area contributed by atoms with Crippen LogP contribution in [0.4, 0.5) is 18.9 Å². The third kappa shape index (κ3) is 3.69. The van der Waals surface area contributed by atoms with Gasteiger partial charge in [0.05, 0.1) is 24.5 Å². The predicted octanol–water partition coefficient (Wildman–Crippen LogP) is 1.77. The van der Waals surface area contributed by atoms with E-state index in [9.17, 15) is 18.0 Å². The van der Waals surface area contributed by atoms with E-state index >= 15 is 0 Å². The predicted molar refractivity (Wildman–Crippen MR) is 65.1 cm³/mol. The van der Waals surface area contributed by atoms with Gasteiger partial charge in [-0.25, -0.2) is 4.68 Å². The van der Waals surface area contributed by atoms with Crippen LogP contribution in [0.2, 0.25) is 0 Å². The Balaban J connectivity index is 2.19. The highest BCUT2D eigenvalue weighted by Gasteiger charge is 2.30. The second kappa shape index (κ2) is 5.49. The third-order valence-corrected chi connectivity index (χ3v) is 3.37. The Morgan fingerprint density at radius 1 is 1.58 bits per heavy atom. The molecule has 0 spiro atoms. The van der Waals surface area contributed by atoms with Crippen molar-refractivity contribution in [1.29, 1.82) is 0 Å². The number of halogens is 4. The van der Waals surface area contributed by atoms with Crippen LogP contribution < -0.4 is 10.9 Å². The topological polar surface area (TPSA) is 56.1 Å². The van der Waals surface area contributed by atoms with Crippen molar-refractivity contribution < 1.29 is 17.9 Å². The molecule has 0 aliphatic carbocycles. The van der Waals surface area contributed by atoms with Gasteiger partial charge in [0, 0.05) is 6.61 Å². The molecule has 0 amide bonds. The molecule has 1 N–H and O–H groups in total. The van der Waals surface area contributed by atoms with Crippen molar-refractivity contribution in [1.82, 2.24) is 9.78 Å². The molecule has 1 unspecified atom stereocenters. The number of anilines is 1. The zero-order valence-corrected chi connectivity index (χ0v) is 11.3. The van der Waals surface area contributed by atoms with Gasteiger partial charge in [-0.3, -0.25) is 4.79 Å². The summed E-state index contributed by atoms with van der Waals surface area (Å²) in [6.07, 6.45) is -2.50. The van der Waals surface area contributed by atoms with E-state index in [1.54, 1.807) is 0 Å². The fourth-order valence-corrected chi connectivity index (χ4v) is 2.14. The van der Waals surface area contributed by atoms with Gasteiger partial charge in [-0.05, 0) is 22.4 Å². The molecule has 0 bridgehead atoms. The van der Waals surface area contributed by atoms with Gasteiger partial charge in [0.25, 0.3) is 5.56 Å². The van der Waals surface area contributed by atoms with Gasteiger partial charge in [-0.1, -0.05) is 0 Å². The normalized spacial score (nSPS) is 19.7. The summed E-state index contributed by atoms with van der Waals surface area (Å²) in [7, 11) is 0. The highest BCUT2D eigenvalue weighted by molar-refractivity contribution is 9.10. The number of nitrogens with zero attached hydrogens (tertiary/aromatic N) is 2. The van der Waals surface area contributed by atoms with E-state index in [-0.39, 0.29) is 10.5 Å². The standard InChI is InChI=1S/C10H11BrF3N3O2/c11-8-7(16-6-1-2-19-4-6)3-15-17(9(8)18)5-10(12,13)14/h3,6,16H,1-2,4-5H2. The lowest BCUT2D eigenvalue weighted by molar-refractivity contribution is -0.143. The first-order valence-electron chi connectivity index (χ1n) is 5.53. The van der Waals surface area contributed by atoms with Crippen LogP contribution in [0, 0.1) is 0 Å². The second-order valence-electron chi connectivity index (χ2n) is 4.16. The summed E-state index contributed by atoms with van der Waals surface area (Å²) in [5.74, 6) is 0. The average molecular weight is 342 g/mol. The van der Waals surface area contributed by atoms with Gasteiger partial charge < -0.3 is 10.1 Å². The summed E-state index contributed by atoms with van der Waals surface area (Å²) in [5.41, 5.74) is -0.444. The van der Waals surface area contributed by atoms with Crippen LogP contribution in [0.25, 0.3) is 0 Å². The minimum atomic E-state index is -4.48. The molecule has 1 aromatic heterocycles. The molecule has 1 aliphatic heterocycles. The largest absolute Gasteiger partial charge is 0.408 e. The van der Waals surface area contributed by atoms with Crippen molar-refractivity contribution in [2.45, 2.75) is 25.2 Å². The lowest BCUT2D eigenvalue weighted by atomic mass is 10.2. The van der Waals surface area contributed by atoms with Gasteiger partial charge in [0.15, 0.2) is 0 Å². The minimum Gasteiger partial charge on any atom is -0.379 e. The number of alkyl halides is 3. The number of hydrogen-bond donors (Lipinski definition) is 1. The molecule has 1 atom stereocenters. The summed E-state index contributed by atoms with van der Waals surface area (Å²) in [6, 6.07) is 0.0379. The van der Waals surface area contributed by atoms with Crippen LogP contribution in [-0.4, -0.2) is 35.2 Å². The Kier molecular flexibility index (Phi) is 4.14. The van der Waals surface area contributed by atoms with E-state index in [4.69, 9.17) is 4.74 Å². The van der Waals surface area contributed by atoms with Gasteiger partial charge in [-0.2, -0.15) is 18.3 Å². The SMILES string of the molecule is O=c1c(Br)c(NC2CCOC2)cnn1CC(F)(F)F. The summed E-state index contributed by atoms with van der Waals surface area (Å²) in [6.45, 7) is -0.289. The molecule has 1 saturated heterocycles. The van der Waals surface area contributed by atoms with E-state index in [1.807, 2.05) is 0 Å². The lowest BCUT2D eigenvalue weighted by Crippen LogP contribution is -2.31. The van der Waals surface area contributed by atoms with E-state index in [2.05, 4.69) is 26.3 Å². The molecule has 2 heterocycles. The fraction of sp³-hybridized carbons (Fsp3) is 0.600. The second-order valence-corrected chi connectivity index (χ2v) is 4.95. The molecule has 9 heteroatoms. The summed E-state index contributed by atoms with van der Waals surface area (Å²) < 4.78 is 42.3. The van der Waals surface area contributed by atoms with E-state index < -0.39 is 18.3 Å². The van der Waals surface area contributed by atoms with Gasteiger partial charge >= 0.3 is 6.18 Å². The summed E-state index contributed by atoms with van der Waals surface area (Å²) in [4.78, 5) is 11.7. The highest BCUT2D eigenvalue weighted by Crippen LogP contribution is 2.21. The Morgan fingerprint density at radius 2 is 2.32 bits per heavy atom. The Labute approximate surface area is 114 Å². The zero-order chi connectivity index (χ0) is 14.0. The van der Waals surface area contributed by atoms with Crippen LogP contribution >= 0.6 is 15.9 Å². The molecule has 2 rings (SSSR count). The van der Waals surface area contributed by atoms with Crippen molar-refractivity contribution >= 4 is 21.6 Å². The van der Waals surface area contributed by atoms with Gasteiger partial charge in [0.2, 0.25) is 0 Å². The monoisotopic (exact) mass is 341 g/mol. The molecule has 1 aliphatic rings. The van der Waals surface area contributed by atoms with Crippen LogP contribution in [-0.2, 0) is 11.3 Å². The zero-order valence-electron chi connectivity index (χ0n) is 9.71. The molecular formula is C10H11BrF3N3O2. The molecule has 0 aromatic carbocycles. The highest BCUT2D eigenvalue weighted by atomic mass is 79.9. The number of rotatable bonds is 3. The van der Waals surface area contributed by atoms with Gasteiger partial charge in [-0.15, -0.1) is 0 Å². The van der Waals surface area contributed by atoms with Crippen LogP contribution in [0.3, 0.4) is 0 Å². The number of aromatic nitrogens is 2. The molecule has 0 saturated carbocycles. The van der Waals surface area contributed by atoms with Crippen LogP contribution in [0.15, 0.2) is 15.5 Å². The molecule has 19 heavy (non-hydrogen) atoms. The van der Waals surface area contributed by atoms with E-state index in [0.717, 1.165) is 6.42 Å². The Bertz CT molecular complexity index is 512. The average Bonchev–Trinajstić information content (AvgIpc) is 2.80. The van der Waals surface area contributed by atoms with Crippen LogP contribution in [0.1, 0.15) is 6.42 Å². The van der Waals surface area contributed by atoms with Crippen LogP contribution in [0.5, 0.6) is 0 Å². The van der Waals surface area contributed by atoms with Crippen molar-refractivity contribution in [2.24, 2.45) is 0 Å². The molecule has 106 valence electrons. The fourth-order valence-electron chi connectivity index (χ4n) is 1.72. The molecule has 1 fully saturated rings. The first kappa shape index (κ1) is 14.3. The molecule has 5 nitrogen and oxygen atoms in total. The Hall–Kier alpha value is -1.09. The quantitative estimate of drug-likeness (QED) is 0.910. The number of nitrogens with one attached hydrogen (secondary N) is 1. The maximum absolute atomic E-state index is 12.2. The number of hydrogen-bond acceptors (Lipinski definition) is 4. The van der Waals surface area contributed by atoms with Crippen molar-refractivity contribution in [3.05, 3.63) is 21.0 Å². The minimum absolute atomic E-state index is 0.0379. The Morgan fingerprint density at radius 3 is 2.89 bits per heavy atom. The smallest absolute Gasteiger partial charge is 0.379 e. The van der Waals surface area contributed by atoms with E-state index in [0.29, 0.717) is 23.6 Å². The van der Waals surface area contributed by atoms with Crippen molar-refractivity contribution in [2.75, 3.05) is 18.5 Å². The maximum atomic E-state index is 12.2. The molecule has 0 radical (unpaired) electrons. The first-order chi connectivity index (χ1) is 8.87. The van der Waals surface area contributed by atoms with E-state index in [1.165, 1.54) is 6.20 Å². The summed E-state index contributed by atoms with van der Waals surface area (Å²) >= 11 is 3.00. The van der Waals surface area contributed by atoms with Crippen molar-refractivity contribution in [3.63, 3.8) is 0 Å². The number of ether oxygens (including phenoxy) is 1. The molecule has 1 aromatic rings. The van der Waals surface area contributed by atoms with Crippen molar-refractivity contribution in [3.8, 4) is 0 Å².